The van der Waals surface area contributed by atoms with E-state index in [0.29, 0.717) is 12.1 Å². The van der Waals surface area contributed by atoms with Crippen LogP contribution in [0.2, 0.25) is 0 Å². The Balaban J connectivity index is 1.62. The van der Waals surface area contributed by atoms with Crippen LogP contribution < -0.4 is 4.90 Å². The molecule has 0 aromatic carbocycles. The molecular weight excluding hydrogens is 264 g/mol. The number of rotatable bonds is 2. The van der Waals surface area contributed by atoms with Gasteiger partial charge in [-0.25, -0.2) is 9.97 Å². The van der Waals surface area contributed by atoms with Gasteiger partial charge in [-0.15, -0.1) is 0 Å². The Kier molecular flexibility index (Phi) is 4.40. The highest BCUT2D eigenvalue weighted by Crippen LogP contribution is 2.24. The summed E-state index contributed by atoms with van der Waals surface area (Å²) in [5.74, 6) is 1.96. The van der Waals surface area contributed by atoms with Gasteiger partial charge in [-0.1, -0.05) is 0 Å². The highest BCUT2D eigenvalue weighted by Gasteiger charge is 2.30. The summed E-state index contributed by atoms with van der Waals surface area (Å²) in [6.07, 6.45) is 2.43. The molecule has 0 bridgehead atoms. The minimum Gasteiger partial charge on any atom is -0.379 e. The van der Waals surface area contributed by atoms with Crippen molar-refractivity contribution in [3.63, 3.8) is 0 Å². The van der Waals surface area contributed by atoms with E-state index in [1.165, 1.54) is 12.8 Å². The maximum atomic E-state index is 5.55. The molecule has 2 aliphatic heterocycles. The Morgan fingerprint density at radius 1 is 1.14 bits per heavy atom. The molecule has 0 N–H and O–H groups in total. The molecule has 0 saturated carbocycles. The summed E-state index contributed by atoms with van der Waals surface area (Å²) in [7, 11) is 0. The second kappa shape index (κ2) is 6.28. The smallest absolute Gasteiger partial charge is 0.132 e. The van der Waals surface area contributed by atoms with Gasteiger partial charge in [-0.2, -0.15) is 0 Å². The van der Waals surface area contributed by atoms with Gasteiger partial charge in [0, 0.05) is 43.5 Å². The van der Waals surface area contributed by atoms with Gasteiger partial charge in [0.2, 0.25) is 0 Å². The van der Waals surface area contributed by atoms with Crippen LogP contribution in [0.5, 0.6) is 0 Å². The summed E-state index contributed by atoms with van der Waals surface area (Å²) >= 11 is 0. The molecule has 116 valence electrons. The quantitative estimate of drug-likeness (QED) is 0.830. The molecule has 2 aliphatic rings. The van der Waals surface area contributed by atoms with E-state index in [1.54, 1.807) is 0 Å². The third-order valence-corrected chi connectivity index (χ3v) is 4.63. The molecule has 1 aromatic heterocycles. The van der Waals surface area contributed by atoms with Gasteiger partial charge in [0.1, 0.15) is 11.6 Å². The van der Waals surface area contributed by atoms with Crippen molar-refractivity contribution in [1.82, 2.24) is 14.9 Å². The number of ether oxygens (including phenoxy) is 1. The number of anilines is 1. The monoisotopic (exact) mass is 290 g/mol. The fourth-order valence-electron chi connectivity index (χ4n) is 3.57. The Labute approximate surface area is 127 Å². The predicted octanol–water partition coefficient (Wildman–Crippen LogP) is 1.78. The summed E-state index contributed by atoms with van der Waals surface area (Å²) in [4.78, 5) is 14.0. The van der Waals surface area contributed by atoms with Crippen molar-refractivity contribution < 1.29 is 4.74 Å². The fraction of sp³-hybridized carbons (Fsp3) is 0.750. The molecule has 21 heavy (non-hydrogen) atoms. The van der Waals surface area contributed by atoms with Crippen LogP contribution in [0.4, 0.5) is 5.82 Å². The first kappa shape index (κ1) is 14.7. The lowest BCUT2D eigenvalue weighted by Crippen LogP contribution is -2.53. The molecule has 1 atom stereocenters. The number of piperidine rings is 1. The number of hydrogen-bond acceptors (Lipinski definition) is 5. The first-order valence-corrected chi connectivity index (χ1v) is 8.04. The number of nitrogens with zero attached hydrogens (tertiary/aromatic N) is 4. The van der Waals surface area contributed by atoms with Gasteiger partial charge in [-0.05, 0) is 33.6 Å². The zero-order valence-electron chi connectivity index (χ0n) is 13.4. The Morgan fingerprint density at radius 3 is 2.57 bits per heavy atom. The molecule has 5 nitrogen and oxygen atoms in total. The normalized spacial score (nSPS) is 25.3. The molecule has 3 rings (SSSR count). The van der Waals surface area contributed by atoms with Gasteiger partial charge < -0.3 is 9.64 Å². The first-order chi connectivity index (χ1) is 10.1. The van der Waals surface area contributed by atoms with E-state index >= 15 is 0 Å². The van der Waals surface area contributed by atoms with Crippen molar-refractivity contribution in [3.8, 4) is 0 Å². The van der Waals surface area contributed by atoms with E-state index in [0.717, 1.165) is 50.2 Å². The van der Waals surface area contributed by atoms with Gasteiger partial charge in [0.15, 0.2) is 0 Å². The van der Waals surface area contributed by atoms with Crippen LogP contribution in [0, 0.1) is 13.8 Å². The molecule has 0 aliphatic carbocycles. The number of hydrogen-bond donors (Lipinski definition) is 0. The maximum Gasteiger partial charge on any atom is 0.132 e. The zero-order valence-corrected chi connectivity index (χ0v) is 13.4. The van der Waals surface area contributed by atoms with Gasteiger partial charge in [-0.3, -0.25) is 4.90 Å². The highest BCUT2D eigenvalue weighted by atomic mass is 16.5. The summed E-state index contributed by atoms with van der Waals surface area (Å²) in [5, 5.41) is 0. The molecule has 0 amide bonds. The van der Waals surface area contributed by atoms with Crippen LogP contribution in [-0.2, 0) is 4.74 Å². The third-order valence-electron chi connectivity index (χ3n) is 4.63. The van der Waals surface area contributed by atoms with Crippen LogP contribution in [0.25, 0.3) is 0 Å². The maximum absolute atomic E-state index is 5.55. The van der Waals surface area contributed by atoms with Crippen LogP contribution in [0.3, 0.4) is 0 Å². The standard InChI is InChI=1S/C16H26N4O/c1-12-10-16(18-14(3)17-12)19-6-4-15(5-7-19)20-8-9-21-11-13(20)2/h10,13,15H,4-9,11H2,1-3H3/t13-/m1/s1. The second-order valence-corrected chi connectivity index (χ2v) is 6.29. The molecule has 3 heterocycles. The van der Waals surface area contributed by atoms with Crippen LogP contribution >= 0.6 is 0 Å². The van der Waals surface area contributed by atoms with Crippen molar-refractivity contribution in [2.45, 2.75) is 45.7 Å². The Bertz CT molecular complexity index is 465. The first-order valence-electron chi connectivity index (χ1n) is 8.04. The second-order valence-electron chi connectivity index (χ2n) is 6.29. The van der Waals surface area contributed by atoms with Gasteiger partial charge in [0.05, 0.1) is 13.2 Å². The predicted molar refractivity (Wildman–Crippen MR) is 83.7 cm³/mol. The topological polar surface area (TPSA) is 41.5 Å². The van der Waals surface area contributed by atoms with Crippen LogP contribution in [0.1, 0.15) is 31.3 Å². The lowest BCUT2D eigenvalue weighted by Gasteiger charge is -2.43. The molecule has 2 saturated heterocycles. The lowest BCUT2D eigenvalue weighted by molar-refractivity contribution is -0.0265. The number of aromatic nitrogens is 2. The minimum atomic E-state index is 0.554. The molecule has 0 radical (unpaired) electrons. The minimum absolute atomic E-state index is 0.554. The van der Waals surface area contributed by atoms with E-state index in [9.17, 15) is 0 Å². The van der Waals surface area contributed by atoms with E-state index in [1.807, 2.05) is 13.8 Å². The van der Waals surface area contributed by atoms with E-state index in [-0.39, 0.29) is 0 Å². The largest absolute Gasteiger partial charge is 0.379 e. The SMILES string of the molecule is Cc1cc(N2CCC(N3CCOC[C@H]3C)CC2)nc(C)n1. The average Bonchev–Trinajstić information content (AvgIpc) is 2.47. The molecule has 5 heteroatoms. The summed E-state index contributed by atoms with van der Waals surface area (Å²) < 4.78 is 5.55. The van der Waals surface area contributed by atoms with E-state index in [4.69, 9.17) is 4.74 Å². The Morgan fingerprint density at radius 2 is 1.90 bits per heavy atom. The zero-order chi connectivity index (χ0) is 14.8. The third kappa shape index (κ3) is 3.35. The summed E-state index contributed by atoms with van der Waals surface area (Å²) in [6, 6.07) is 3.35. The average molecular weight is 290 g/mol. The number of morpholine rings is 1. The molecule has 1 aromatic rings. The van der Waals surface area contributed by atoms with Crippen molar-refractivity contribution >= 4 is 5.82 Å². The van der Waals surface area contributed by atoms with Gasteiger partial charge in [0.25, 0.3) is 0 Å². The Hall–Kier alpha value is -1.20. The lowest BCUT2D eigenvalue weighted by atomic mass is 10.0. The van der Waals surface area contributed by atoms with E-state index in [2.05, 4.69) is 32.8 Å². The molecule has 0 unspecified atom stereocenters. The molecule has 0 spiro atoms. The molecule has 2 fully saturated rings. The highest BCUT2D eigenvalue weighted by molar-refractivity contribution is 5.40. The van der Waals surface area contributed by atoms with Crippen molar-refractivity contribution in [2.24, 2.45) is 0 Å². The summed E-state index contributed by atoms with van der Waals surface area (Å²) in [5.41, 5.74) is 1.06. The van der Waals surface area contributed by atoms with Gasteiger partial charge >= 0.3 is 0 Å². The summed E-state index contributed by atoms with van der Waals surface area (Å²) in [6.45, 7) is 11.3. The molecular formula is C16H26N4O. The van der Waals surface area contributed by atoms with Crippen molar-refractivity contribution in [2.75, 3.05) is 37.7 Å². The van der Waals surface area contributed by atoms with Crippen molar-refractivity contribution in [3.05, 3.63) is 17.6 Å². The number of aryl methyl sites for hydroxylation is 2. The van der Waals surface area contributed by atoms with Crippen molar-refractivity contribution in [1.29, 1.82) is 0 Å². The van der Waals surface area contributed by atoms with Crippen LogP contribution in [0.15, 0.2) is 6.07 Å². The van der Waals surface area contributed by atoms with Crippen LogP contribution in [-0.4, -0.2) is 59.8 Å². The fourth-order valence-corrected chi connectivity index (χ4v) is 3.57. The van der Waals surface area contributed by atoms with E-state index < -0.39 is 0 Å².